The molecule has 0 unspecified atom stereocenters. The Morgan fingerprint density at radius 3 is 1.10 bits per heavy atom. The minimum atomic E-state index is -4.80. The van der Waals surface area contributed by atoms with E-state index in [4.69, 9.17) is 9.47 Å². The highest BCUT2D eigenvalue weighted by Crippen LogP contribution is 2.63. The second-order valence-electron chi connectivity index (χ2n) is 15.3. The number of benzene rings is 7. The van der Waals surface area contributed by atoms with Gasteiger partial charge in [-0.3, -0.25) is 0 Å². The molecule has 3 aliphatic rings. The van der Waals surface area contributed by atoms with Gasteiger partial charge in [-0.25, -0.2) is 0 Å². The van der Waals surface area contributed by atoms with Crippen LogP contribution < -0.4 is 19.3 Å². The number of para-hydroxylation sites is 8. The molecule has 2 aliphatic heterocycles. The van der Waals surface area contributed by atoms with Crippen LogP contribution in [0.1, 0.15) is 54.7 Å². The molecule has 300 valence electrons. The van der Waals surface area contributed by atoms with Gasteiger partial charge in [-0.2, -0.15) is 26.3 Å². The maximum Gasteiger partial charge on any atom is 0.417 e. The van der Waals surface area contributed by atoms with E-state index in [0.717, 1.165) is 31.4 Å². The highest BCUT2D eigenvalue weighted by Gasteiger charge is 2.42. The Morgan fingerprint density at radius 2 is 0.733 bits per heavy atom. The fourth-order valence-electron chi connectivity index (χ4n) is 9.18. The number of rotatable bonds is 5. The monoisotopic (exact) mass is 810 g/mol. The summed E-state index contributed by atoms with van der Waals surface area (Å²) in [5.74, 6) is 1.64. The molecular weight excluding hydrogens is 775 g/mol. The first-order valence-electron chi connectivity index (χ1n) is 19.9. The van der Waals surface area contributed by atoms with Crippen LogP contribution in [0.3, 0.4) is 0 Å². The van der Waals surface area contributed by atoms with Gasteiger partial charge >= 0.3 is 12.4 Å². The van der Waals surface area contributed by atoms with Crippen molar-refractivity contribution in [1.82, 2.24) is 0 Å². The number of hydrogen-bond acceptors (Lipinski definition) is 4. The normalized spacial score (nSPS) is 15.0. The summed E-state index contributed by atoms with van der Waals surface area (Å²) in [7, 11) is 0. The number of hydrogen-bond donors (Lipinski definition) is 0. The number of nitrogens with zero attached hydrogens (tertiary/aromatic N) is 2. The van der Waals surface area contributed by atoms with Crippen molar-refractivity contribution in [2.45, 2.75) is 50.4 Å². The van der Waals surface area contributed by atoms with E-state index in [1.54, 1.807) is 18.2 Å². The quantitative estimate of drug-likeness (QED) is 0.162. The lowest BCUT2D eigenvalue weighted by molar-refractivity contribution is -0.137. The zero-order chi connectivity index (χ0) is 41.2. The highest BCUT2D eigenvalue weighted by atomic mass is 19.4. The van der Waals surface area contributed by atoms with Crippen molar-refractivity contribution in [2.24, 2.45) is 0 Å². The van der Waals surface area contributed by atoms with Crippen LogP contribution in [-0.4, -0.2) is 0 Å². The van der Waals surface area contributed by atoms with E-state index in [9.17, 15) is 0 Å². The van der Waals surface area contributed by atoms with Crippen molar-refractivity contribution in [2.75, 3.05) is 9.80 Å². The summed E-state index contributed by atoms with van der Waals surface area (Å²) in [4.78, 5) is 3.92. The molecule has 1 aliphatic carbocycles. The molecule has 0 aromatic heterocycles. The fraction of sp³-hybridized carbons (Fsp3) is 0.160. The average Bonchev–Trinajstić information content (AvgIpc) is 3.26. The zero-order valence-electron chi connectivity index (χ0n) is 32.0. The first-order valence-corrected chi connectivity index (χ1v) is 19.9. The molecule has 0 atom stereocenters. The van der Waals surface area contributed by atoms with E-state index in [2.05, 4.69) is 0 Å². The average molecular weight is 811 g/mol. The molecule has 60 heavy (non-hydrogen) atoms. The van der Waals surface area contributed by atoms with Crippen molar-refractivity contribution in [1.29, 1.82) is 0 Å². The van der Waals surface area contributed by atoms with Crippen molar-refractivity contribution in [3.05, 3.63) is 168 Å². The molecule has 10 rings (SSSR count). The third-order valence-corrected chi connectivity index (χ3v) is 11.7. The Balaban J connectivity index is 1.46. The van der Waals surface area contributed by atoms with Gasteiger partial charge in [-0.15, -0.1) is 0 Å². The summed E-state index contributed by atoms with van der Waals surface area (Å²) >= 11 is 0. The van der Waals surface area contributed by atoms with E-state index in [-0.39, 0.29) is 28.2 Å². The first kappa shape index (κ1) is 37.6. The largest absolute Gasteiger partial charge is 0.453 e. The Hall–Kier alpha value is -6.68. The van der Waals surface area contributed by atoms with Gasteiger partial charge in [0.1, 0.15) is 0 Å². The number of anilines is 6. The Morgan fingerprint density at radius 1 is 0.400 bits per heavy atom. The molecule has 2 heterocycles. The summed E-state index contributed by atoms with van der Waals surface area (Å²) < 4.78 is 105. The second kappa shape index (κ2) is 14.5. The summed E-state index contributed by atoms with van der Waals surface area (Å²) in [6.45, 7) is 0. The minimum Gasteiger partial charge on any atom is -0.453 e. The molecule has 4 nitrogen and oxygen atoms in total. The molecule has 0 bridgehead atoms. The van der Waals surface area contributed by atoms with Crippen molar-refractivity contribution < 1.29 is 35.8 Å². The highest BCUT2D eigenvalue weighted by molar-refractivity contribution is 6.05. The number of fused-ring (bicyclic) bond motifs is 4. The van der Waals surface area contributed by atoms with Gasteiger partial charge in [0, 0.05) is 16.7 Å². The Bertz CT molecular complexity index is 2500. The lowest BCUT2D eigenvalue weighted by atomic mass is 9.77. The molecule has 0 N–H and O–H groups in total. The molecule has 0 spiro atoms. The van der Waals surface area contributed by atoms with Crippen molar-refractivity contribution in [3.8, 4) is 45.3 Å². The van der Waals surface area contributed by atoms with Gasteiger partial charge in [0.2, 0.25) is 0 Å². The maximum atomic E-state index is 15.4. The first-order chi connectivity index (χ1) is 29.1. The van der Waals surface area contributed by atoms with Crippen LogP contribution >= 0.6 is 0 Å². The topological polar surface area (TPSA) is 24.9 Å². The van der Waals surface area contributed by atoms with E-state index in [1.165, 1.54) is 24.3 Å². The number of halogens is 6. The van der Waals surface area contributed by atoms with Gasteiger partial charge in [0.05, 0.1) is 45.3 Å². The van der Waals surface area contributed by atoms with Gasteiger partial charge in [0.25, 0.3) is 0 Å². The molecule has 0 radical (unpaired) electrons. The number of alkyl halides is 6. The predicted molar refractivity (Wildman–Crippen MR) is 223 cm³/mol. The lowest BCUT2D eigenvalue weighted by Gasteiger charge is -2.42. The second-order valence-corrected chi connectivity index (χ2v) is 15.3. The molecular formula is C50H36F6N2O2. The van der Waals surface area contributed by atoms with Gasteiger partial charge in [-0.05, 0) is 96.6 Å². The molecule has 0 saturated heterocycles. The third-order valence-electron chi connectivity index (χ3n) is 11.7. The Kier molecular flexibility index (Phi) is 9.11. The molecule has 1 saturated carbocycles. The minimum absolute atomic E-state index is 0.139. The van der Waals surface area contributed by atoms with E-state index >= 15 is 26.3 Å². The van der Waals surface area contributed by atoms with E-state index in [0.29, 0.717) is 75.5 Å². The molecule has 0 amide bonds. The van der Waals surface area contributed by atoms with Crippen LogP contribution in [0.2, 0.25) is 0 Å². The predicted octanol–water partition coefficient (Wildman–Crippen LogP) is 16.3. The summed E-state index contributed by atoms with van der Waals surface area (Å²) in [5.41, 5.74) is 1.99. The van der Waals surface area contributed by atoms with Crippen LogP contribution in [0.15, 0.2) is 152 Å². The van der Waals surface area contributed by atoms with Gasteiger partial charge in [-0.1, -0.05) is 104 Å². The third kappa shape index (κ3) is 6.33. The van der Waals surface area contributed by atoms with Crippen LogP contribution in [0.5, 0.6) is 23.0 Å². The van der Waals surface area contributed by atoms with Gasteiger partial charge in [0.15, 0.2) is 23.0 Å². The van der Waals surface area contributed by atoms with Gasteiger partial charge < -0.3 is 19.3 Å². The SMILES string of the molecule is FC(F)(F)c1ccccc1-c1cc(-c2ccccc2C(F)(F)F)c(N2c3ccccc3Oc3ccccc32)c(C2CCCCC2)c1N1c2ccccc2Oc2ccccc21. The van der Waals surface area contributed by atoms with Crippen LogP contribution in [0, 0.1) is 0 Å². The summed E-state index contributed by atoms with van der Waals surface area (Å²) in [5, 5.41) is 0. The molecule has 7 aromatic carbocycles. The molecule has 10 heteroatoms. The Labute approximate surface area is 342 Å². The van der Waals surface area contributed by atoms with Crippen LogP contribution in [0.4, 0.5) is 60.5 Å². The van der Waals surface area contributed by atoms with E-state index < -0.39 is 23.5 Å². The fourth-order valence-corrected chi connectivity index (χ4v) is 9.18. The summed E-state index contributed by atoms with van der Waals surface area (Å²) in [6.07, 6.45) is -5.68. The smallest absolute Gasteiger partial charge is 0.417 e. The van der Waals surface area contributed by atoms with Crippen molar-refractivity contribution >= 4 is 34.1 Å². The zero-order valence-corrected chi connectivity index (χ0v) is 32.0. The number of ether oxygens (including phenoxy) is 2. The standard InChI is InChI=1S/C50H36F6N2O2/c51-49(52,53)36-20-6-4-18-32(36)34-30-35(33-19-5-7-21-37(33)50(54,55)56)48(58-40-24-10-14-28-44(40)60-45-29-15-11-25-41(45)58)46(31-16-2-1-3-17-31)47(34)57-38-22-8-12-26-42(38)59-43-27-13-9-23-39(43)57/h4-15,18-31H,1-3,16-17H2. The van der Waals surface area contributed by atoms with Crippen molar-refractivity contribution in [3.63, 3.8) is 0 Å². The molecule has 7 aromatic rings. The molecule has 1 fully saturated rings. The maximum absolute atomic E-state index is 15.4. The van der Waals surface area contributed by atoms with Crippen LogP contribution in [0.25, 0.3) is 22.3 Å². The lowest BCUT2D eigenvalue weighted by Crippen LogP contribution is -2.25. The van der Waals surface area contributed by atoms with E-state index in [1.807, 2.05) is 107 Å². The van der Waals surface area contributed by atoms with Crippen LogP contribution in [-0.2, 0) is 12.4 Å². The summed E-state index contributed by atoms with van der Waals surface area (Å²) in [6, 6.07) is 41.6.